The highest BCUT2D eigenvalue weighted by molar-refractivity contribution is 6.10. The Morgan fingerprint density at radius 2 is 1.39 bits per heavy atom. The molecule has 1 heterocycles. The van der Waals surface area contributed by atoms with Crippen LogP contribution in [-0.2, 0) is 4.79 Å². The fraction of sp³-hybridized carbons (Fsp3) is 0.171. The third-order valence-electron chi connectivity index (χ3n) is 9.52. The number of allylic oxidation sites excluding steroid dienone is 2. The van der Waals surface area contributed by atoms with E-state index in [4.69, 9.17) is 0 Å². The van der Waals surface area contributed by atoms with Gasteiger partial charge < -0.3 is 4.57 Å². The first-order chi connectivity index (χ1) is 21.3. The number of para-hydroxylation sites is 1. The number of pyridine rings is 1. The van der Waals surface area contributed by atoms with E-state index in [-0.39, 0.29) is 22.5 Å². The Kier molecular flexibility index (Phi) is 5.89. The summed E-state index contributed by atoms with van der Waals surface area (Å²) in [5.41, 5.74) is 9.56. The molecular formula is C41H33NO2. The number of hydrogen-bond acceptors (Lipinski definition) is 2. The van der Waals surface area contributed by atoms with E-state index in [9.17, 15) is 9.59 Å². The van der Waals surface area contributed by atoms with Gasteiger partial charge in [-0.25, -0.2) is 0 Å². The molecule has 0 saturated heterocycles. The summed E-state index contributed by atoms with van der Waals surface area (Å²) in [6, 6.07) is 39.8. The Hall–Kier alpha value is -5.02. The second-order valence-corrected chi connectivity index (χ2v) is 13.2. The maximum absolute atomic E-state index is 14.5. The summed E-state index contributed by atoms with van der Waals surface area (Å²) in [6.45, 7) is 6.39. The van der Waals surface area contributed by atoms with Crippen LogP contribution in [0.4, 0.5) is 0 Å². The smallest absolute Gasteiger partial charge is 0.194 e. The van der Waals surface area contributed by atoms with Gasteiger partial charge in [0.25, 0.3) is 0 Å². The largest absolute Gasteiger partial charge is 0.309 e. The molecule has 0 aliphatic heterocycles. The molecule has 1 atom stereocenters. The first-order valence-corrected chi connectivity index (χ1v) is 15.4. The summed E-state index contributed by atoms with van der Waals surface area (Å²) in [4.78, 5) is 28.4. The molecule has 0 saturated carbocycles. The molecule has 3 heteroatoms. The van der Waals surface area contributed by atoms with Gasteiger partial charge in [0.15, 0.2) is 11.2 Å². The number of ketones is 1. The molecular weight excluding hydrogens is 538 g/mol. The van der Waals surface area contributed by atoms with Gasteiger partial charge in [0.1, 0.15) is 0 Å². The fourth-order valence-electron chi connectivity index (χ4n) is 7.48. The van der Waals surface area contributed by atoms with Crippen molar-refractivity contribution >= 4 is 33.0 Å². The van der Waals surface area contributed by atoms with Crippen molar-refractivity contribution in [1.82, 2.24) is 4.57 Å². The van der Waals surface area contributed by atoms with Gasteiger partial charge in [-0.15, -0.1) is 0 Å². The first kappa shape index (κ1) is 26.6. The number of Topliss-reactive ketones (excluding diaryl/α,β-unsaturated/α-hetero) is 1. The summed E-state index contributed by atoms with van der Waals surface area (Å²) in [7, 11) is 0. The van der Waals surface area contributed by atoms with E-state index in [2.05, 4.69) is 116 Å². The molecule has 0 bridgehead atoms. The van der Waals surface area contributed by atoms with Gasteiger partial charge in [-0.05, 0) is 82.1 Å². The minimum Gasteiger partial charge on any atom is -0.309 e. The van der Waals surface area contributed by atoms with E-state index >= 15 is 0 Å². The highest BCUT2D eigenvalue weighted by Gasteiger charge is 2.45. The maximum atomic E-state index is 14.5. The molecule has 0 spiro atoms. The summed E-state index contributed by atoms with van der Waals surface area (Å²) in [6.07, 6.45) is 1.23. The Morgan fingerprint density at radius 1 is 0.705 bits per heavy atom. The maximum Gasteiger partial charge on any atom is 0.194 e. The van der Waals surface area contributed by atoms with E-state index in [1.807, 2.05) is 24.3 Å². The predicted molar refractivity (Wildman–Crippen MR) is 180 cm³/mol. The standard InChI is InChI=1S/C41H33NO2/c1-25-12-14-28(15-13-25)36-37-33(23-41(2,3)24-35(37)43)39-38(36)40(44)32-10-6-7-11-34(32)42(39)31-20-18-27(19-21-31)30-17-16-26-8-4-5-9-29(26)22-30/h4-22,36H,23-24H2,1-3H3. The average molecular weight is 572 g/mol. The number of rotatable bonds is 3. The van der Waals surface area contributed by atoms with Crippen LogP contribution in [0.25, 0.3) is 44.1 Å². The predicted octanol–water partition coefficient (Wildman–Crippen LogP) is 9.41. The van der Waals surface area contributed by atoms with Crippen molar-refractivity contribution in [2.24, 2.45) is 5.41 Å². The van der Waals surface area contributed by atoms with Crippen molar-refractivity contribution in [3.63, 3.8) is 0 Å². The van der Waals surface area contributed by atoms with Crippen molar-refractivity contribution < 1.29 is 4.79 Å². The Morgan fingerprint density at radius 3 is 2.16 bits per heavy atom. The molecule has 0 fully saturated rings. The van der Waals surface area contributed by atoms with Crippen molar-refractivity contribution in [1.29, 1.82) is 0 Å². The third-order valence-corrected chi connectivity index (χ3v) is 9.52. The van der Waals surface area contributed by atoms with E-state index in [0.717, 1.165) is 62.3 Å². The number of carbonyl (C=O) groups excluding carboxylic acids is 1. The van der Waals surface area contributed by atoms with Crippen molar-refractivity contribution in [3.05, 3.63) is 153 Å². The number of hydrogen-bond donors (Lipinski definition) is 0. The molecule has 1 unspecified atom stereocenters. The zero-order valence-electron chi connectivity index (χ0n) is 25.2. The minimum atomic E-state index is -0.371. The van der Waals surface area contributed by atoms with Crippen LogP contribution in [0.3, 0.4) is 0 Å². The van der Waals surface area contributed by atoms with Crippen molar-refractivity contribution in [3.8, 4) is 16.8 Å². The number of aromatic nitrogens is 1. The van der Waals surface area contributed by atoms with Gasteiger partial charge in [0, 0.05) is 34.5 Å². The van der Waals surface area contributed by atoms with Crippen LogP contribution in [0.15, 0.2) is 126 Å². The van der Waals surface area contributed by atoms with Gasteiger partial charge in [-0.1, -0.05) is 104 Å². The molecule has 0 amide bonds. The molecule has 8 rings (SSSR count). The van der Waals surface area contributed by atoms with Crippen LogP contribution < -0.4 is 5.43 Å². The normalized spacial score (nSPS) is 17.2. The highest BCUT2D eigenvalue weighted by atomic mass is 16.1. The van der Waals surface area contributed by atoms with E-state index < -0.39 is 0 Å². The summed E-state index contributed by atoms with van der Waals surface area (Å²) in [5, 5.41) is 3.11. The lowest BCUT2D eigenvalue weighted by molar-refractivity contribution is -0.117. The number of benzene rings is 5. The molecule has 1 aromatic heterocycles. The fourth-order valence-corrected chi connectivity index (χ4v) is 7.48. The van der Waals surface area contributed by atoms with Gasteiger partial charge in [0.2, 0.25) is 0 Å². The summed E-state index contributed by atoms with van der Waals surface area (Å²) in [5.74, 6) is -0.218. The Labute approximate surface area is 257 Å². The van der Waals surface area contributed by atoms with Crippen molar-refractivity contribution in [2.45, 2.75) is 39.5 Å². The molecule has 0 radical (unpaired) electrons. The third kappa shape index (κ3) is 4.11. The summed E-state index contributed by atoms with van der Waals surface area (Å²) < 4.78 is 2.24. The Bertz CT molecular complexity index is 2230. The number of fused-ring (bicyclic) bond motifs is 4. The molecule has 6 aromatic rings. The minimum absolute atomic E-state index is 0.0187. The number of aryl methyl sites for hydroxylation is 1. The van der Waals surface area contributed by atoms with Crippen LogP contribution in [0, 0.1) is 12.3 Å². The first-order valence-electron chi connectivity index (χ1n) is 15.4. The molecule has 0 N–H and O–H groups in total. The SMILES string of the molecule is Cc1ccc(C2C3=C(CC(C)(C)CC3=O)c3c2c(=O)c2ccccc2n3-c2ccc(-c3ccc4ccccc4c3)cc2)cc1. The zero-order chi connectivity index (χ0) is 30.2. The lowest BCUT2D eigenvalue weighted by atomic mass is 9.72. The van der Waals surface area contributed by atoms with E-state index in [0.29, 0.717) is 11.8 Å². The lowest BCUT2D eigenvalue weighted by Gasteiger charge is -2.31. The van der Waals surface area contributed by atoms with Gasteiger partial charge in [0.05, 0.1) is 11.2 Å². The molecule has 3 nitrogen and oxygen atoms in total. The van der Waals surface area contributed by atoms with Crippen LogP contribution in [0.1, 0.15) is 55.0 Å². The zero-order valence-corrected chi connectivity index (χ0v) is 25.2. The van der Waals surface area contributed by atoms with E-state index in [1.54, 1.807) is 0 Å². The van der Waals surface area contributed by atoms with Gasteiger partial charge in [-0.3, -0.25) is 9.59 Å². The second-order valence-electron chi connectivity index (χ2n) is 13.2. The van der Waals surface area contributed by atoms with E-state index in [1.165, 1.54) is 10.8 Å². The van der Waals surface area contributed by atoms with Gasteiger partial charge >= 0.3 is 0 Å². The number of nitrogens with zero attached hydrogens (tertiary/aromatic N) is 1. The molecule has 5 aromatic carbocycles. The average Bonchev–Trinajstić information content (AvgIpc) is 3.36. The van der Waals surface area contributed by atoms with Gasteiger partial charge in [-0.2, -0.15) is 0 Å². The molecule has 2 aliphatic rings. The lowest BCUT2D eigenvalue weighted by Crippen LogP contribution is -2.26. The Balaban J connectivity index is 1.39. The monoisotopic (exact) mass is 571 g/mol. The van der Waals surface area contributed by atoms with Crippen LogP contribution >= 0.6 is 0 Å². The van der Waals surface area contributed by atoms with Crippen LogP contribution in [0.2, 0.25) is 0 Å². The molecule has 44 heavy (non-hydrogen) atoms. The van der Waals surface area contributed by atoms with Crippen molar-refractivity contribution in [2.75, 3.05) is 0 Å². The van der Waals surface area contributed by atoms with Crippen LogP contribution in [-0.4, -0.2) is 10.4 Å². The second kappa shape index (κ2) is 9.75. The molecule has 2 aliphatic carbocycles. The topological polar surface area (TPSA) is 39.1 Å². The quantitative estimate of drug-likeness (QED) is 0.212. The summed E-state index contributed by atoms with van der Waals surface area (Å²) >= 11 is 0. The highest BCUT2D eigenvalue weighted by Crippen LogP contribution is 2.54. The van der Waals surface area contributed by atoms with Crippen LogP contribution in [0.5, 0.6) is 0 Å². The number of carbonyl (C=O) groups is 1. The molecule has 214 valence electrons.